The average molecular weight is 390 g/mol. The standard InChI is InChI=1S/C19H27N5O2S/c1-13(19-22-17(23-26-19)16-7-4-10-27-16)24-9-3-5-14(12-24)11-21-18(25)15-6-2-8-20-15/h4,7,10,13-15,20H,2-3,5-6,8-9,11-12H2,1H3,(H,21,25). The highest BCUT2D eigenvalue weighted by Crippen LogP contribution is 2.28. The van der Waals surface area contributed by atoms with E-state index in [1.165, 1.54) is 0 Å². The van der Waals surface area contributed by atoms with E-state index in [1.807, 2.05) is 17.5 Å². The lowest BCUT2D eigenvalue weighted by atomic mass is 9.96. The first-order chi connectivity index (χ1) is 13.2. The number of nitrogens with zero attached hydrogens (tertiary/aromatic N) is 3. The van der Waals surface area contributed by atoms with Gasteiger partial charge in [-0.15, -0.1) is 11.3 Å². The SMILES string of the molecule is CC(c1nc(-c2cccs2)no1)N1CCCC(CNC(=O)C2CCCN2)C1. The van der Waals surface area contributed by atoms with Crippen molar-refractivity contribution in [3.8, 4) is 10.7 Å². The third kappa shape index (κ3) is 4.39. The number of hydrogen-bond acceptors (Lipinski definition) is 7. The summed E-state index contributed by atoms with van der Waals surface area (Å²) in [6.45, 7) is 5.77. The number of carbonyl (C=O) groups is 1. The first-order valence-corrected chi connectivity index (χ1v) is 10.7. The van der Waals surface area contributed by atoms with E-state index in [2.05, 4.69) is 32.6 Å². The Labute approximate surface area is 163 Å². The Morgan fingerprint density at radius 3 is 3.19 bits per heavy atom. The van der Waals surface area contributed by atoms with Crippen LogP contribution in [0.25, 0.3) is 10.7 Å². The first-order valence-electron chi connectivity index (χ1n) is 9.83. The maximum Gasteiger partial charge on any atom is 0.244 e. The molecule has 2 fully saturated rings. The summed E-state index contributed by atoms with van der Waals surface area (Å²) in [6, 6.07) is 4.08. The summed E-state index contributed by atoms with van der Waals surface area (Å²) in [4.78, 5) is 20.2. The predicted octanol–water partition coefficient (Wildman–Crippen LogP) is 2.44. The summed E-state index contributed by atoms with van der Waals surface area (Å²) < 4.78 is 5.53. The number of aromatic nitrogens is 2. The molecule has 3 unspecified atom stereocenters. The lowest BCUT2D eigenvalue weighted by Gasteiger charge is -2.35. The molecule has 0 aromatic carbocycles. The van der Waals surface area contributed by atoms with Crippen molar-refractivity contribution in [3.63, 3.8) is 0 Å². The number of rotatable bonds is 6. The van der Waals surface area contributed by atoms with Gasteiger partial charge in [0.25, 0.3) is 0 Å². The van der Waals surface area contributed by atoms with E-state index in [1.54, 1.807) is 11.3 Å². The fraction of sp³-hybridized carbons (Fsp3) is 0.632. The Bertz CT molecular complexity index is 741. The molecule has 1 amide bonds. The Hall–Kier alpha value is -1.77. The van der Waals surface area contributed by atoms with Gasteiger partial charge < -0.3 is 15.2 Å². The summed E-state index contributed by atoms with van der Waals surface area (Å²) in [5.74, 6) is 1.94. The number of hydrogen-bond donors (Lipinski definition) is 2. The zero-order valence-corrected chi connectivity index (χ0v) is 16.5. The largest absolute Gasteiger partial charge is 0.354 e. The van der Waals surface area contributed by atoms with Crippen LogP contribution in [0.4, 0.5) is 0 Å². The van der Waals surface area contributed by atoms with Crippen LogP contribution in [0.15, 0.2) is 22.0 Å². The molecule has 0 saturated carbocycles. The molecule has 0 bridgehead atoms. The van der Waals surface area contributed by atoms with Gasteiger partial charge in [0.1, 0.15) is 0 Å². The van der Waals surface area contributed by atoms with Gasteiger partial charge in [-0.2, -0.15) is 4.98 Å². The highest BCUT2D eigenvalue weighted by molar-refractivity contribution is 7.13. The first kappa shape index (κ1) is 18.6. The average Bonchev–Trinajstić information content (AvgIpc) is 3.46. The van der Waals surface area contributed by atoms with Crippen LogP contribution in [0, 0.1) is 5.92 Å². The molecule has 2 aromatic heterocycles. The van der Waals surface area contributed by atoms with Crippen LogP contribution in [-0.4, -0.2) is 53.2 Å². The van der Waals surface area contributed by atoms with E-state index in [0.29, 0.717) is 17.6 Å². The van der Waals surface area contributed by atoms with Crippen molar-refractivity contribution in [3.05, 3.63) is 23.4 Å². The number of nitrogens with one attached hydrogen (secondary N) is 2. The number of amides is 1. The smallest absolute Gasteiger partial charge is 0.244 e. The third-order valence-electron chi connectivity index (χ3n) is 5.58. The Kier molecular flexibility index (Phi) is 5.85. The molecule has 0 spiro atoms. The van der Waals surface area contributed by atoms with Gasteiger partial charge in [0.2, 0.25) is 17.6 Å². The van der Waals surface area contributed by atoms with Crippen LogP contribution in [0.2, 0.25) is 0 Å². The highest BCUT2D eigenvalue weighted by atomic mass is 32.1. The van der Waals surface area contributed by atoms with Crippen molar-refractivity contribution in [1.82, 2.24) is 25.7 Å². The predicted molar refractivity (Wildman–Crippen MR) is 104 cm³/mol. The molecule has 4 rings (SSSR count). The summed E-state index contributed by atoms with van der Waals surface area (Å²) in [7, 11) is 0. The zero-order valence-electron chi connectivity index (χ0n) is 15.7. The summed E-state index contributed by atoms with van der Waals surface area (Å²) in [6.07, 6.45) is 4.30. The number of piperidine rings is 1. The maximum atomic E-state index is 12.2. The molecular formula is C19H27N5O2S. The molecule has 0 radical (unpaired) electrons. The third-order valence-corrected chi connectivity index (χ3v) is 6.45. The second kappa shape index (κ2) is 8.50. The lowest BCUT2D eigenvalue weighted by Crippen LogP contribution is -2.45. The molecule has 2 aromatic rings. The van der Waals surface area contributed by atoms with E-state index < -0.39 is 0 Å². The van der Waals surface area contributed by atoms with Crippen molar-refractivity contribution < 1.29 is 9.32 Å². The maximum absolute atomic E-state index is 12.2. The van der Waals surface area contributed by atoms with Gasteiger partial charge in [0.05, 0.1) is 17.0 Å². The fourth-order valence-corrected chi connectivity index (χ4v) is 4.61. The topological polar surface area (TPSA) is 83.3 Å². The van der Waals surface area contributed by atoms with Crippen LogP contribution >= 0.6 is 11.3 Å². The minimum Gasteiger partial charge on any atom is -0.354 e. The molecule has 3 atom stereocenters. The van der Waals surface area contributed by atoms with Crippen LogP contribution in [0.3, 0.4) is 0 Å². The quantitative estimate of drug-likeness (QED) is 0.790. The van der Waals surface area contributed by atoms with Crippen LogP contribution < -0.4 is 10.6 Å². The molecule has 2 saturated heterocycles. The highest BCUT2D eigenvalue weighted by Gasteiger charge is 2.29. The molecule has 8 heteroatoms. The Balaban J connectivity index is 1.31. The van der Waals surface area contributed by atoms with Gasteiger partial charge in [0.15, 0.2) is 0 Å². The number of carbonyl (C=O) groups excluding carboxylic acids is 1. The van der Waals surface area contributed by atoms with Crippen molar-refractivity contribution >= 4 is 17.2 Å². The van der Waals surface area contributed by atoms with Crippen molar-refractivity contribution in [1.29, 1.82) is 0 Å². The normalized spacial score (nSPS) is 24.8. The van der Waals surface area contributed by atoms with Gasteiger partial charge in [-0.3, -0.25) is 9.69 Å². The molecule has 7 nitrogen and oxygen atoms in total. The van der Waals surface area contributed by atoms with E-state index in [0.717, 1.165) is 56.7 Å². The summed E-state index contributed by atoms with van der Waals surface area (Å²) in [5, 5.41) is 12.5. The molecule has 2 N–H and O–H groups in total. The summed E-state index contributed by atoms with van der Waals surface area (Å²) in [5.41, 5.74) is 0. The van der Waals surface area contributed by atoms with E-state index in [9.17, 15) is 4.79 Å². The molecule has 2 aliphatic rings. The van der Waals surface area contributed by atoms with Gasteiger partial charge in [-0.25, -0.2) is 0 Å². The second-order valence-corrected chi connectivity index (χ2v) is 8.45. The Morgan fingerprint density at radius 1 is 1.48 bits per heavy atom. The minimum atomic E-state index is -0.00215. The van der Waals surface area contributed by atoms with Crippen LogP contribution in [0.1, 0.15) is 44.5 Å². The van der Waals surface area contributed by atoms with E-state index in [-0.39, 0.29) is 18.0 Å². The molecule has 4 heterocycles. The van der Waals surface area contributed by atoms with Crippen molar-refractivity contribution in [2.24, 2.45) is 5.92 Å². The van der Waals surface area contributed by atoms with Gasteiger partial charge >= 0.3 is 0 Å². The molecule has 27 heavy (non-hydrogen) atoms. The van der Waals surface area contributed by atoms with E-state index >= 15 is 0 Å². The second-order valence-electron chi connectivity index (χ2n) is 7.51. The fourth-order valence-electron chi connectivity index (χ4n) is 3.96. The number of likely N-dealkylation sites (tertiary alicyclic amines) is 1. The summed E-state index contributed by atoms with van der Waals surface area (Å²) >= 11 is 1.61. The molecular weight excluding hydrogens is 362 g/mol. The molecule has 146 valence electrons. The molecule has 2 aliphatic heterocycles. The zero-order chi connectivity index (χ0) is 18.6. The molecule has 0 aliphatic carbocycles. The van der Waals surface area contributed by atoms with Crippen LogP contribution in [0.5, 0.6) is 0 Å². The van der Waals surface area contributed by atoms with Gasteiger partial charge in [-0.05, 0) is 63.1 Å². The number of thiophene rings is 1. The minimum absolute atomic E-state index is 0.00215. The van der Waals surface area contributed by atoms with Crippen LogP contribution in [-0.2, 0) is 4.79 Å². The van der Waals surface area contributed by atoms with Crippen molar-refractivity contribution in [2.75, 3.05) is 26.2 Å². The monoisotopic (exact) mass is 389 g/mol. The van der Waals surface area contributed by atoms with Gasteiger partial charge in [0, 0.05) is 13.1 Å². The lowest BCUT2D eigenvalue weighted by molar-refractivity contribution is -0.123. The Morgan fingerprint density at radius 2 is 2.41 bits per heavy atom. The van der Waals surface area contributed by atoms with E-state index in [4.69, 9.17) is 4.52 Å². The van der Waals surface area contributed by atoms with Gasteiger partial charge in [-0.1, -0.05) is 11.2 Å². The van der Waals surface area contributed by atoms with Crippen molar-refractivity contribution in [2.45, 2.75) is 44.7 Å².